The van der Waals surface area contributed by atoms with Crippen LogP contribution in [0.2, 0.25) is 5.02 Å². The van der Waals surface area contributed by atoms with Crippen LogP contribution in [0.5, 0.6) is 5.75 Å². The fourth-order valence-electron chi connectivity index (χ4n) is 4.49. The quantitative estimate of drug-likeness (QED) is 0.420. The van der Waals surface area contributed by atoms with Crippen molar-refractivity contribution in [2.75, 3.05) is 6.54 Å². The van der Waals surface area contributed by atoms with Gasteiger partial charge in [0.2, 0.25) is 0 Å². The van der Waals surface area contributed by atoms with Crippen LogP contribution in [-0.2, 0) is 9.59 Å². The minimum atomic E-state index is -0.937. The topological polar surface area (TPSA) is 75.7 Å². The number of carbonyl (C=O) groups is 3. The first-order valence-electron chi connectivity index (χ1n) is 8.81. The van der Waals surface area contributed by atoms with Crippen LogP contribution in [-0.4, -0.2) is 34.9 Å². The summed E-state index contributed by atoms with van der Waals surface area (Å²) in [6.07, 6.45) is 2.12. The lowest BCUT2D eigenvalue weighted by atomic mass is 9.64. The molecule has 1 aromatic carbocycles. The number of hydrogen-bond donors (Lipinski definition) is 1. The van der Waals surface area contributed by atoms with Crippen LogP contribution in [0, 0.1) is 11.3 Å². The molecule has 3 amide bonds. The molecule has 146 valence electrons. The number of carbonyl (C=O) groups excluding carboxylic acids is 3. The second kappa shape index (κ2) is 7.09. The largest absolute Gasteiger partial charge is 0.424 e. The lowest BCUT2D eigenvalue weighted by Crippen LogP contribution is -2.54. The molecule has 1 N–H and O–H groups in total. The van der Waals surface area contributed by atoms with E-state index in [2.05, 4.69) is 42.0 Å². The molecule has 0 radical (unpaired) electrons. The Bertz CT molecular complexity index is 813. The van der Waals surface area contributed by atoms with Crippen molar-refractivity contribution in [2.24, 2.45) is 11.3 Å². The van der Waals surface area contributed by atoms with Crippen molar-refractivity contribution in [3.05, 3.63) is 27.7 Å². The van der Waals surface area contributed by atoms with Crippen molar-refractivity contribution >= 4 is 45.4 Å². The first kappa shape index (κ1) is 20.1. The maximum atomic E-state index is 13.0. The second-order valence-corrected chi connectivity index (χ2v) is 9.63. The molecule has 1 aromatic rings. The number of esters is 1. The van der Waals surface area contributed by atoms with Crippen molar-refractivity contribution in [1.82, 2.24) is 10.2 Å². The summed E-state index contributed by atoms with van der Waals surface area (Å²) >= 11 is 9.32. The van der Waals surface area contributed by atoms with Gasteiger partial charge in [0.1, 0.15) is 17.8 Å². The number of nitrogens with one attached hydrogen (secondary N) is 1. The summed E-state index contributed by atoms with van der Waals surface area (Å²) in [7, 11) is 0. The monoisotopic (exact) mass is 456 g/mol. The fourth-order valence-corrected chi connectivity index (χ4v) is 5.20. The maximum absolute atomic E-state index is 13.0. The Morgan fingerprint density at radius 3 is 2.70 bits per heavy atom. The smallest absolute Gasteiger partial charge is 0.331 e. The molecule has 2 unspecified atom stereocenters. The highest BCUT2D eigenvalue weighted by Gasteiger charge is 2.56. The fraction of sp³-hybridized carbons (Fsp3) is 0.526. The molecule has 0 aromatic heterocycles. The van der Waals surface area contributed by atoms with Gasteiger partial charge in [0.05, 0.1) is 5.02 Å². The van der Waals surface area contributed by atoms with E-state index in [1.54, 1.807) is 18.2 Å². The van der Waals surface area contributed by atoms with Gasteiger partial charge >= 0.3 is 12.0 Å². The predicted octanol–water partition coefficient (Wildman–Crippen LogP) is 4.14. The molecular formula is C19H22BrClN2O4. The van der Waals surface area contributed by atoms with E-state index in [1.165, 1.54) is 0 Å². The van der Waals surface area contributed by atoms with Gasteiger partial charge < -0.3 is 10.1 Å². The third-order valence-corrected chi connectivity index (χ3v) is 5.82. The zero-order valence-electron chi connectivity index (χ0n) is 15.5. The summed E-state index contributed by atoms with van der Waals surface area (Å²) < 4.78 is 5.98. The average molecular weight is 458 g/mol. The van der Waals surface area contributed by atoms with E-state index in [-0.39, 0.29) is 22.1 Å². The zero-order chi connectivity index (χ0) is 20.0. The van der Waals surface area contributed by atoms with Gasteiger partial charge in [-0.3, -0.25) is 9.69 Å². The van der Waals surface area contributed by atoms with Gasteiger partial charge in [-0.15, -0.1) is 0 Å². The molecule has 8 heteroatoms. The molecule has 1 saturated carbocycles. The summed E-state index contributed by atoms with van der Waals surface area (Å²) in [6.45, 7) is 5.81. The number of imide groups is 1. The van der Waals surface area contributed by atoms with E-state index >= 15 is 0 Å². The number of rotatable bonds is 3. The predicted molar refractivity (Wildman–Crippen MR) is 105 cm³/mol. The highest BCUT2D eigenvalue weighted by atomic mass is 79.9. The Hall–Kier alpha value is -1.60. The lowest BCUT2D eigenvalue weighted by Gasteiger charge is -2.43. The Kier molecular flexibility index (Phi) is 5.29. The molecule has 1 aliphatic carbocycles. The highest BCUT2D eigenvalue weighted by molar-refractivity contribution is 9.10. The van der Waals surface area contributed by atoms with E-state index in [0.29, 0.717) is 18.8 Å². The third-order valence-electron chi connectivity index (χ3n) is 5.03. The number of amides is 3. The Morgan fingerprint density at radius 2 is 2.07 bits per heavy atom. The van der Waals surface area contributed by atoms with Crippen LogP contribution in [0.1, 0.15) is 40.0 Å². The number of ether oxygens (including phenoxy) is 1. The highest BCUT2D eigenvalue weighted by Crippen LogP contribution is 2.46. The van der Waals surface area contributed by atoms with Crippen LogP contribution in [0.25, 0.3) is 0 Å². The Morgan fingerprint density at radius 1 is 1.37 bits per heavy atom. The number of halogens is 2. The van der Waals surface area contributed by atoms with Crippen LogP contribution in [0.4, 0.5) is 4.79 Å². The van der Waals surface area contributed by atoms with Gasteiger partial charge in [-0.2, -0.15) is 0 Å². The molecule has 3 rings (SSSR count). The minimum absolute atomic E-state index is 0.0674. The Balaban J connectivity index is 1.73. The lowest BCUT2D eigenvalue weighted by molar-refractivity contribution is -0.142. The number of hydrogen-bond acceptors (Lipinski definition) is 4. The van der Waals surface area contributed by atoms with Gasteiger partial charge in [-0.1, -0.05) is 48.3 Å². The summed E-state index contributed by atoms with van der Waals surface area (Å²) in [6, 6.07) is 4.27. The number of benzene rings is 1. The molecule has 1 aliphatic heterocycles. The molecule has 1 spiro atoms. The van der Waals surface area contributed by atoms with Gasteiger partial charge in [0.15, 0.2) is 0 Å². The van der Waals surface area contributed by atoms with Crippen molar-refractivity contribution in [3.63, 3.8) is 0 Å². The van der Waals surface area contributed by atoms with Gasteiger partial charge in [-0.05, 0) is 48.8 Å². The van der Waals surface area contributed by atoms with Crippen LogP contribution < -0.4 is 10.1 Å². The Labute approximate surface area is 171 Å². The first-order chi connectivity index (χ1) is 12.5. The van der Waals surface area contributed by atoms with Crippen LogP contribution >= 0.6 is 27.5 Å². The van der Waals surface area contributed by atoms with Crippen molar-refractivity contribution in [2.45, 2.75) is 45.6 Å². The SMILES string of the molecule is CC1CC(C)(C)CC2(C1)NC(=O)N(CC(=O)Oc1ccc(Br)cc1Cl)C2=O. The molecule has 6 nitrogen and oxygen atoms in total. The van der Waals surface area contributed by atoms with Gasteiger partial charge in [0, 0.05) is 4.47 Å². The standard InChI is InChI=1S/C19H22BrClN2O4/c1-11-7-18(2,3)10-19(8-11)16(25)23(17(26)22-19)9-15(24)27-14-5-4-12(20)6-13(14)21/h4-6,11H,7-10H2,1-3H3,(H,22,26). The molecule has 1 heterocycles. The van der Waals surface area contributed by atoms with Crippen molar-refractivity contribution < 1.29 is 19.1 Å². The summed E-state index contributed by atoms with van der Waals surface area (Å²) in [5, 5.41) is 3.10. The van der Waals surface area contributed by atoms with Gasteiger partial charge in [0.25, 0.3) is 5.91 Å². The molecule has 27 heavy (non-hydrogen) atoms. The van der Waals surface area contributed by atoms with Gasteiger partial charge in [-0.25, -0.2) is 9.59 Å². The van der Waals surface area contributed by atoms with E-state index < -0.39 is 24.1 Å². The zero-order valence-corrected chi connectivity index (χ0v) is 17.8. The summed E-state index contributed by atoms with van der Waals surface area (Å²) in [5.41, 5.74) is -1.00. The van der Waals surface area contributed by atoms with Crippen molar-refractivity contribution in [3.8, 4) is 5.75 Å². The molecular weight excluding hydrogens is 436 g/mol. The third kappa shape index (κ3) is 4.14. The maximum Gasteiger partial charge on any atom is 0.331 e. The van der Waals surface area contributed by atoms with E-state index in [0.717, 1.165) is 15.8 Å². The van der Waals surface area contributed by atoms with Crippen LogP contribution in [0.15, 0.2) is 22.7 Å². The molecule has 2 atom stereocenters. The first-order valence-corrected chi connectivity index (χ1v) is 9.98. The van der Waals surface area contributed by atoms with E-state index in [1.807, 2.05) is 0 Å². The second-order valence-electron chi connectivity index (χ2n) is 8.31. The molecule has 2 fully saturated rings. The average Bonchev–Trinajstić information content (AvgIpc) is 2.72. The normalized spacial score (nSPS) is 27.0. The number of nitrogens with zero attached hydrogens (tertiary/aromatic N) is 1. The summed E-state index contributed by atoms with van der Waals surface area (Å²) in [4.78, 5) is 38.7. The molecule has 0 bridgehead atoms. The molecule has 2 aliphatic rings. The summed E-state index contributed by atoms with van der Waals surface area (Å²) in [5.74, 6) is -0.598. The van der Waals surface area contributed by atoms with E-state index in [4.69, 9.17) is 16.3 Å². The number of urea groups is 1. The minimum Gasteiger partial charge on any atom is -0.424 e. The van der Waals surface area contributed by atoms with Crippen LogP contribution in [0.3, 0.4) is 0 Å². The molecule has 1 saturated heterocycles. The van der Waals surface area contributed by atoms with E-state index in [9.17, 15) is 14.4 Å². The van der Waals surface area contributed by atoms with Crippen molar-refractivity contribution in [1.29, 1.82) is 0 Å².